The third kappa shape index (κ3) is 5.65. The standard InChI is InChI=1S/C22H27N3O3/c1-17-6-3-4-9-21(17)28-16-22(27)23-19-8-5-7-18(14-19)20(26)15-25-12-10-24(2)11-13-25/h3-9,14H,10-13,15-16H2,1-2H3,(H,23,27). The number of piperazine rings is 1. The molecule has 1 saturated heterocycles. The number of amides is 1. The number of benzene rings is 2. The third-order valence-electron chi connectivity index (χ3n) is 4.88. The lowest BCUT2D eigenvalue weighted by Crippen LogP contribution is -2.46. The number of aryl methyl sites for hydroxylation is 1. The second-order valence-corrected chi connectivity index (χ2v) is 7.19. The summed E-state index contributed by atoms with van der Waals surface area (Å²) < 4.78 is 5.57. The second-order valence-electron chi connectivity index (χ2n) is 7.19. The van der Waals surface area contributed by atoms with Gasteiger partial charge in [0.15, 0.2) is 12.4 Å². The van der Waals surface area contributed by atoms with E-state index in [9.17, 15) is 9.59 Å². The topological polar surface area (TPSA) is 61.9 Å². The predicted molar refractivity (Wildman–Crippen MR) is 110 cm³/mol. The normalized spacial score (nSPS) is 15.2. The van der Waals surface area contributed by atoms with Gasteiger partial charge in [-0.25, -0.2) is 0 Å². The van der Waals surface area contributed by atoms with Gasteiger partial charge in [0.25, 0.3) is 5.91 Å². The summed E-state index contributed by atoms with van der Waals surface area (Å²) in [6, 6.07) is 14.6. The van der Waals surface area contributed by atoms with Crippen molar-refractivity contribution in [2.24, 2.45) is 0 Å². The first-order chi connectivity index (χ1) is 13.5. The number of hydrogen-bond donors (Lipinski definition) is 1. The van der Waals surface area contributed by atoms with Crippen molar-refractivity contribution in [3.8, 4) is 5.75 Å². The van der Waals surface area contributed by atoms with Gasteiger partial charge in [-0.1, -0.05) is 30.3 Å². The largest absolute Gasteiger partial charge is 0.483 e. The fourth-order valence-electron chi connectivity index (χ4n) is 3.13. The first-order valence-corrected chi connectivity index (χ1v) is 9.54. The van der Waals surface area contributed by atoms with Gasteiger partial charge < -0.3 is 15.0 Å². The second kappa shape index (κ2) is 9.48. The van der Waals surface area contributed by atoms with Crippen molar-refractivity contribution in [1.82, 2.24) is 9.80 Å². The molecule has 1 N–H and O–H groups in total. The highest BCUT2D eigenvalue weighted by molar-refractivity contribution is 5.99. The highest BCUT2D eigenvalue weighted by Crippen LogP contribution is 2.16. The summed E-state index contributed by atoms with van der Waals surface area (Å²) >= 11 is 0. The molecule has 1 fully saturated rings. The van der Waals surface area contributed by atoms with Crippen LogP contribution in [0.2, 0.25) is 0 Å². The Labute approximate surface area is 166 Å². The molecule has 3 rings (SSSR count). The van der Waals surface area contributed by atoms with Crippen LogP contribution in [0.1, 0.15) is 15.9 Å². The summed E-state index contributed by atoms with van der Waals surface area (Å²) in [6.07, 6.45) is 0. The number of anilines is 1. The van der Waals surface area contributed by atoms with Crippen molar-refractivity contribution in [2.45, 2.75) is 6.92 Å². The molecule has 6 heteroatoms. The van der Waals surface area contributed by atoms with E-state index in [1.54, 1.807) is 24.3 Å². The van der Waals surface area contributed by atoms with Crippen LogP contribution in [0, 0.1) is 6.92 Å². The lowest BCUT2D eigenvalue weighted by atomic mass is 10.1. The number of Topliss-reactive ketones (excluding diaryl/α,β-unsaturated/α-hetero) is 1. The molecule has 0 aromatic heterocycles. The zero-order chi connectivity index (χ0) is 19.9. The van der Waals surface area contributed by atoms with Crippen LogP contribution in [0.25, 0.3) is 0 Å². The van der Waals surface area contributed by atoms with Crippen molar-refractivity contribution >= 4 is 17.4 Å². The van der Waals surface area contributed by atoms with Crippen LogP contribution >= 0.6 is 0 Å². The fraction of sp³-hybridized carbons (Fsp3) is 0.364. The van der Waals surface area contributed by atoms with Crippen LogP contribution in [-0.2, 0) is 4.79 Å². The van der Waals surface area contributed by atoms with E-state index in [-0.39, 0.29) is 18.3 Å². The van der Waals surface area contributed by atoms with Gasteiger partial charge in [-0.15, -0.1) is 0 Å². The first-order valence-electron chi connectivity index (χ1n) is 9.54. The van der Waals surface area contributed by atoms with E-state index in [4.69, 9.17) is 4.74 Å². The van der Waals surface area contributed by atoms with Crippen LogP contribution in [0.5, 0.6) is 5.75 Å². The van der Waals surface area contributed by atoms with E-state index in [2.05, 4.69) is 22.2 Å². The Balaban J connectivity index is 1.53. The zero-order valence-electron chi connectivity index (χ0n) is 16.5. The summed E-state index contributed by atoms with van der Waals surface area (Å²) in [7, 11) is 2.09. The Morgan fingerprint density at radius 2 is 1.79 bits per heavy atom. The minimum absolute atomic E-state index is 0.0665. The maximum Gasteiger partial charge on any atom is 0.262 e. The summed E-state index contributed by atoms with van der Waals surface area (Å²) in [6.45, 7) is 6.01. The van der Waals surface area contributed by atoms with E-state index < -0.39 is 0 Å². The van der Waals surface area contributed by atoms with Crippen molar-refractivity contribution in [1.29, 1.82) is 0 Å². The molecule has 0 saturated carbocycles. The molecule has 1 amide bonds. The average Bonchev–Trinajstić information content (AvgIpc) is 2.69. The molecule has 0 radical (unpaired) electrons. The number of ether oxygens (including phenoxy) is 1. The average molecular weight is 381 g/mol. The quantitative estimate of drug-likeness (QED) is 0.747. The molecule has 6 nitrogen and oxygen atoms in total. The number of hydrogen-bond acceptors (Lipinski definition) is 5. The number of likely N-dealkylation sites (N-methyl/N-ethyl adjacent to an activating group) is 1. The summed E-state index contributed by atoms with van der Waals surface area (Å²) in [5.41, 5.74) is 2.19. The van der Waals surface area contributed by atoms with E-state index in [0.29, 0.717) is 23.5 Å². The van der Waals surface area contributed by atoms with Crippen molar-refractivity contribution in [2.75, 3.05) is 51.7 Å². The van der Waals surface area contributed by atoms with Crippen LogP contribution in [0.3, 0.4) is 0 Å². The molecular weight excluding hydrogens is 354 g/mol. The predicted octanol–water partition coefficient (Wildman–Crippen LogP) is 2.44. The fourth-order valence-corrected chi connectivity index (χ4v) is 3.13. The number of ketones is 1. The van der Waals surface area contributed by atoms with Crippen LogP contribution in [0.15, 0.2) is 48.5 Å². The first kappa shape index (κ1) is 20.0. The van der Waals surface area contributed by atoms with Gasteiger partial charge in [0.2, 0.25) is 0 Å². The van der Waals surface area contributed by atoms with Gasteiger partial charge in [0, 0.05) is 37.4 Å². The van der Waals surface area contributed by atoms with Crippen molar-refractivity contribution < 1.29 is 14.3 Å². The van der Waals surface area contributed by atoms with Gasteiger partial charge in [0.1, 0.15) is 5.75 Å². The van der Waals surface area contributed by atoms with Gasteiger partial charge in [-0.2, -0.15) is 0 Å². The molecule has 0 atom stereocenters. The maximum atomic E-state index is 12.6. The minimum atomic E-state index is -0.257. The van der Waals surface area contributed by atoms with Gasteiger partial charge in [-0.3, -0.25) is 14.5 Å². The van der Waals surface area contributed by atoms with E-state index in [0.717, 1.165) is 31.7 Å². The van der Waals surface area contributed by atoms with Crippen LogP contribution in [-0.4, -0.2) is 67.9 Å². The Hall–Kier alpha value is -2.70. The highest BCUT2D eigenvalue weighted by atomic mass is 16.5. The molecule has 1 heterocycles. The molecule has 2 aromatic carbocycles. The van der Waals surface area contributed by atoms with Crippen LogP contribution in [0.4, 0.5) is 5.69 Å². The zero-order valence-corrected chi connectivity index (χ0v) is 16.5. The SMILES string of the molecule is Cc1ccccc1OCC(=O)Nc1cccc(C(=O)CN2CCN(C)CC2)c1. The number of para-hydroxylation sites is 1. The minimum Gasteiger partial charge on any atom is -0.483 e. The maximum absolute atomic E-state index is 12.6. The third-order valence-corrected chi connectivity index (χ3v) is 4.88. The number of carbonyl (C=O) groups is 2. The Morgan fingerprint density at radius 1 is 1.04 bits per heavy atom. The number of carbonyl (C=O) groups excluding carboxylic acids is 2. The molecule has 0 unspecified atom stereocenters. The number of nitrogens with one attached hydrogen (secondary N) is 1. The molecule has 0 aliphatic carbocycles. The lowest BCUT2D eigenvalue weighted by molar-refractivity contribution is -0.118. The molecule has 148 valence electrons. The molecule has 2 aromatic rings. The number of nitrogens with zero attached hydrogens (tertiary/aromatic N) is 2. The molecular formula is C22H27N3O3. The lowest BCUT2D eigenvalue weighted by Gasteiger charge is -2.31. The molecule has 28 heavy (non-hydrogen) atoms. The Morgan fingerprint density at radius 3 is 2.54 bits per heavy atom. The monoisotopic (exact) mass is 381 g/mol. The van der Waals surface area contributed by atoms with E-state index in [1.807, 2.05) is 31.2 Å². The summed E-state index contributed by atoms with van der Waals surface area (Å²) in [4.78, 5) is 29.2. The van der Waals surface area contributed by atoms with E-state index in [1.165, 1.54) is 0 Å². The van der Waals surface area contributed by atoms with Gasteiger partial charge >= 0.3 is 0 Å². The van der Waals surface area contributed by atoms with Crippen LogP contribution < -0.4 is 10.1 Å². The molecule has 1 aliphatic rings. The Kier molecular flexibility index (Phi) is 6.79. The summed E-state index contributed by atoms with van der Waals surface area (Å²) in [5, 5.41) is 2.80. The van der Waals surface area contributed by atoms with Gasteiger partial charge in [0.05, 0.1) is 6.54 Å². The molecule has 0 spiro atoms. The highest BCUT2D eigenvalue weighted by Gasteiger charge is 2.17. The number of rotatable bonds is 7. The van der Waals surface area contributed by atoms with Crippen molar-refractivity contribution in [3.05, 3.63) is 59.7 Å². The smallest absolute Gasteiger partial charge is 0.262 e. The van der Waals surface area contributed by atoms with E-state index >= 15 is 0 Å². The summed E-state index contributed by atoms with van der Waals surface area (Å²) in [5.74, 6) is 0.498. The molecule has 1 aliphatic heterocycles. The van der Waals surface area contributed by atoms with Crippen molar-refractivity contribution in [3.63, 3.8) is 0 Å². The molecule has 0 bridgehead atoms. The Bertz CT molecular complexity index is 829. The van der Waals surface area contributed by atoms with Gasteiger partial charge in [-0.05, 0) is 37.7 Å².